The Hall–Kier alpha value is -4.46. The van der Waals surface area contributed by atoms with Crippen LogP contribution in [-0.4, -0.2) is 90.6 Å². The lowest BCUT2D eigenvalue weighted by molar-refractivity contribution is -0.131. The van der Waals surface area contributed by atoms with Crippen LogP contribution in [0.25, 0.3) is 0 Å². The summed E-state index contributed by atoms with van der Waals surface area (Å²) >= 11 is 5.91. The molecule has 6 rings (SSSR count). The molecule has 48 heavy (non-hydrogen) atoms. The molecule has 14 heteroatoms. The maximum absolute atomic E-state index is 14.3. The van der Waals surface area contributed by atoms with Gasteiger partial charge in [-0.3, -0.25) is 19.3 Å². The quantitative estimate of drug-likeness (QED) is 0.294. The minimum atomic E-state index is -0.491. The largest absolute Gasteiger partial charge is 0.494 e. The maximum Gasteiger partial charge on any atom is 0.247 e. The van der Waals surface area contributed by atoms with Crippen LogP contribution in [0.4, 0.5) is 33.1 Å². The summed E-state index contributed by atoms with van der Waals surface area (Å²) in [6.45, 7) is 10.6. The van der Waals surface area contributed by atoms with E-state index in [9.17, 15) is 14.0 Å². The first-order valence-corrected chi connectivity index (χ1v) is 16.5. The van der Waals surface area contributed by atoms with Gasteiger partial charge >= 0.3 is 0 Å². The number of hydrogen-bond acceptors (Lipinski definition) is 10. The Labute approximate surface area is 284 Å². The van der Waals surface area contributed by atoms with Crippen molar-refractivity contribution in [3.63, 3.8) is 0 Å². The van der Waals surface area contributed by atoms with Gasteiger partial charge in [0.1, 0.15) is 23.7 Å². The van der Waals surface area contributed by atoms with Crippen LogP contribution in [0.2, 0.25) is 5.02 Å². The van der Waals surface area contributed by atoms with Crippen molar-refractivity contribution in [1.82, 2.24) is 19.8 Å². The number of nitrogens with zero attached hydrogens (tertiary/aromatic N) is 6. The molecule has 0 aliphatic carbocycles. The Morgan fingerprint density at radius 2 is 1.81 bits per heavy atom. The highest BCUT2D eigenvalue weighted by atomic mass is 35.5. The zero-order valence-corrected chi connectivity index (χ0v) is 27.9. The fourth-order valence-electron chi connectivity index (χ4n) is 6.65. The Kier molecular flexibility index (Phi) is 10.3. The molecule has 0 unspecified atom stereocenters. The highest BCUT2D eigenvalue weighted by Gasteiger charge is 2.31. The molecule has 3 fully saturated rings. The lowest BCUT2D eigenvalue weighted by atomic mass is 10.0. The van der Waals surface area contributed by atoms with Gasteiger partial charge in [-0.05, 0) is 42.7 Å². The molecule has 0 saturated carbocycles. The minimum absolute atomic E-state index is 0.0616. The van der Waals surface area contributed by atoms with Gasteiger partial charge in [-0.1, -0.05) is 24.2 Å². The van der Waals surface area contributed by atoms with Crippen LogP contribution in [0.15, 0.2) is 55.4 Å². The van der Waals surface area contributed by atoms with Crippen LogP contribution in [0.1, 0.15) is 37.8 Å². The number of anilines is 5. The van der Waals surface area contributed by atoms with E-state index in [0.29, 0.717) is 47.8 Å². The average molecular weight is 679 g/mol. The third-order valence-electron chi connectivity index (χ3n) is 9.22. The number of carbonyl (C=O) groups is 2. The van der Waals surface area contributed by atoms with Gasteiger partial charge < -0.3 is 25.2 Å². The van der Waals surface area contributed by atoms with E-state index in [0.717, 1.165) is 63.4 Å². The van der Waals surface area contributed by atoms with Crippen molar-refractivity contribution in [3.05, 3.63) is 71.8 Å². The van der Waals surface area contributed by atoms with Crippen LogP contribution in [0.3, 0.4) is 0 Å². The average Bonchev–Trinajstić information content (AvgIpc) is 3.60. The molecule has 2 aromatic carbocycles. The van der Waals surface area contributed by atoms with Crippen molar-refractivity contribution in [1.29, 1.82) is 0 Å². The van der Waals surface area contributed by atoms with Crippen LogP contribution < -0.4 is 25.3 Å². The number of nitrogens with one attached hydrogen (secondary N) is 2. The highest BCUT2D eigenvalue weighted by molar-refractivity contribution is 6.30. The highest BCUT2D eigenvalue weighted by Crippen LogP contribution is 2.41. The normalized spacial score (nSPS) is 18.9. The molecule has 12 nitrogen and oxygen atoms in total. The molecule has 254 valence electrons. The van der Waals surface area contributed by atoms with Crippen LogP contribution in [0, 0.1) is 5.82 Å². The summed E-state index contributed by atoms with van der Waals surface area (Å²) in [5.41, 5.74) is 2.77. The summed E-state index contributed by atoms with van der Waals surface area (Å²) in [6.07, 6.45) is 5.23. The van der Waals surface area contributed by atoms with Crippen molar-refractivity contribution >= 4 is 52.1 Å². The van der Waals surface area contributed by atoms with Gasteiger partial charge in [-0.2, -0.15) is 0 Å². The number of methoxy groups -OCH3 is 1. The van der Waals surface area contributed by atoms with Gasteiger partial charge in [-0.25, -0.2) is 19.4 Å². The van der Waals surface area contributed by atoms with E-state index in [1.165, 1.54) is 24.5 Å². The minimum Gasteiger partial charge on any atom is -0.494 e. The van der Waals surface area contributed by atoms with E-state index >= 15 is 0 Å². The smallest absolute Gasteiger partial charge is 0.247 e. The summed E-state index contributed by atoms with van der Waals surface area (Å²) in [4.78, 5) is 45.7. The first-order chi connectivity index (χ1) is 23.2. The predicted octanol–water partition coefficient (Wildman–Crippen LogP) is 5.16. The first kappa shape index (κ1) is 33.4. The number of halogens is 2. The fourth-order valence-corrected chi connectivity index (χ4v) is 6.76. The number of hydrogen-bond donors (Lipinski definition) is 2. The van der Waals surface area contributed by atoms with Crippen molar-refractivity contribution < 1.29 is 23.6 Å². The molecule has 3 aromatic rings. The van der Waals surface area contributed by atoms with E-state index in [1.807, 2.05) is 17.0 Å². The molecule has 3 saturated heterocycles. The number of amides is 2. The van der Waals surface area contributed by atoms with E-state index in [4.69, 9.17) is 21.2 Å². The molecule has 4 heterocycles. The third-order valence-corrected chi connectivity index (χ3v) is 9.52. The number of piperazine rings is 1. The van der Waals surface area contributed by atoms with Crippen molar-refractivity contribution in [2.45, 2.75) is 38.3 Å². The Balaban J connectivity index is 1.20. The molecular formula is C34H40ClFN8O4. The third kappa shape index (κ3) is 7.33. The molecule has 2 N–H and O–H groups in total. The standard InChI is InChI=1S/C34H40ClFN8O4/c1-4-34(46)40-27-18-28(31(47-3)19-30(27)43-10-7-24(8-11-43)42-14-12-41(13-15-42)22(2)45)39-32-20-33(38-21-37-32)44-29(9-16-48-44)23-5-6-25(35)26(36)17-23/h4-6,17-21,24,29H,1,7-16H2,2-3H3,(H,40,46)(H,37,38,39)/t29-/m1/s1. The SMILES string of the molecule is C=CC(=O)Nc1cc(Nc2cc(N3OCC[C@@H]3c3ccc(Cl)c(F)c3)ncn2)c(OC)cc1N1CCC(N2CCN(C(C)=O)CC2)CC1. The number of piperidine rings is 1. The molecule has 3 aliphatic rings. The monoisotopic (exact) mass is 678 g/mol. The Morgan fingerprint density at radius 3 is 2.50 bits per heavy atom. The van der Waals surface area contributed by atoms with Crippen LogP contribution in [0.5, 0.6) is 5.75 Å². The summed E-state index contributed by atoms with van der Waals surface area (Å²) in [5, 5.41) is 8.00. The molecule has 1 aromatic heterocycles. The lowest BCUT2D eigenvalue weighted by Gasteiger charge is -2.43. The van der Waals surface area contributed by atoms with E-state index in [2.05, 4.69) is 37.0 Å². The summed E-state index contributed by atoms with van der Waals surface area (Å²) in [6, 6.07) is 10.4. The summed E-state index contributed by atoms with van der Waals surface area (Å²) in [7, 11) is 1.60. The van der Waals surface area contributed by atoms with Gasteiger partial charge in [0, 0.05) is 70.8 Å². The molecule has 0 radical (unpaired) electrons. The zero-order chi connectivity index (χ0) is 33.8. The van der Waals surface area contributed by atoms with Gasteiger partial charge in [0.05, 0.1) is 41.8 Å². The second-order valence-corrected chi connectivity index (χ2v) is 12.5. The lowest BCUT2D eigenvalue weighted by Crippen LogP contribution is -2.54. The molecule has 0 spiro atoms. The Bertz CT molecular complexity index is 1660. The van der Waals surface area contributed by atoms with Crippen molar-refractivity contribution in [3.8, 4) is 5.75 Å². The Morgan fingerprint density at radius 1 is 1.04 bits per heavy atom. The maximum atomic E-state index is 14.3. The first-order valence-electron chi connectivity index (χ1n) is 16.1. The zero-order valence-electron chi connectivity index (χ0n) is 27.1. The van der Waals surface area contributed by atoms with Crippen molar-refractivity contribution in [2.75, 3.05) is 73.6 Å². The van der Waals surface area contributed by atoms with Gasteiger partial charge in [0.15, 0.2) is 5.82 Å². The van der Waals surface area contributed by atoms with E-state index < -0.39 is 5.82 Å². The number of ether oxygens (including phenoxy) is 1. The molecular weight excluding hydrogens is 639 g/mol. The summed E-state index contributed by atoms with van der Waals surface area (Å²) in [5.74, 6) is 0.837. The topological polar surface area (TPSA) is 115 Å². The van der Waals surface area contributed by atoms with Crippen LogP contribution >= 0.6 is 11.6 Å². The second-order valence-electron chi connectivity index (χ2n) is 12.0. The van der Waals surface area contributed by atoms with Gasteiger partial charge in [0.2, 0.25) is 11.8 Å². The molecule has 1 atom stereocenters. The van der Waals surface area contributed by atoms with E-state index in [1.54, 1.807) is 31.2 Å². The van der Waals surface area contributed by atoms with Crippen LogP contribution in [-0.2, 0) is 14.4 Å². The van der Waals surface area contributed by atoms with Gasteiger partial charge in [-0.15, -0.1) is 0 Å². The van der Waals surface area contributed by atoms with Gasteiger partial charge in [0.25, 0.3) is 0 Å². The molecule has 2 amide bonds. The number of carbonyl (C=O) groups excluding carboxylic acids is 2. The number of hydroxylamine groups is 1. The second kappa shape index (κ2) is 14.8. The molecule has 3 aliphatic heterocycles. The summed E-state index contributed by atoms with van der Waals surface area (Å²) < 4.78 is 20.1. The molecule has 0 bridgehead atoms. The number of benzene rings is 2. The van der Waals surface area contributed by atoms with E-state index in [-0.39, 0.29) is 22.9 Å². The number of aromatic nitrogens is 2. The van der Waals surface area contributed by atoms with Crippen molar-refractivity contribution in [2.24, 2.45) is 0 Å². The predicted molar refractivity (Wildman–Crippen MR) is 183 cm³/mol. The number of rotatable bonds is 9. The fraction of sp³-hybridized carbons (Fsp3) is 0.412.